The molecule has 0 bridgehead atoms. The summed E-state index contributed by atoms with van der Waals surface area (Å²) in [6.45, 7) is -1.37. The minimum absolute atomic E-state index is 0.212. The second-order valence-corrected chi connectivity index (χ2v) is 5.75. The van der Waals surface area contributed by atoms with Crippen molar-refractivity contribution in [3.8, 4) is 0 Å². The summed E-state index contributed by atoms with van der Waals surface area (Å²) < 4.78 is 8.96. The smallest absolute Gasteiger partial charge is 0.330 e. The second-order valence-electron chi connectivity index (χ2n) is 5.75. The van der Waals surface area contributed by atoms with Crippen LogP contribution >= 0.6 is 0 Å². The first-order valence-electron chi connectivity index (χ1n) is 7.85. The Morgan fingerprint density at radius 3 is 1.52 bits per heavy atom. The number of ether oxygens (including phenoxy) is 2. The fourth-order valence-electron chi connectivity index (χ4n) is 2.77. The van der Waals surface area contributed by atoms with Crippen LogP contribution < -0.4 is 10.6 Å². The molecule has 1 saturated carbocycles. The van der Waals surface area contributed by atoms with Crippen LogP contribution in [0.5, 0.6) is 0 Å². The largest absolute Gasteiger partial charge is 0.467 e. The molecule has 0 saturated heterocycles. The first kappa shape index (κ1) is 20.8. The molecule has 1 fully saturated rings. The highest BCUT2D eigenvalue weighted by Crippen LogP contribution is 2.39. The van der Waals surface area contributed by atoms with Crippen molar-refractivity contribution < 1.29 is 38.9 Å². The van der Waals surface area contributed by atoms with Gasteiger partial charge in [0.15, 0.2) is 12.1 Å². The highest BCUT2D eigenvalue weighted by atomic mass is 16.5. The molecule has 0 spiro atoms. The minimum Gasteiger partial charge on any atom is -0.467 e. The van der Waals surface area contributed by atoms with E-state index in [2.05, 4.69) is 20.1 Å². The van der Waals surface area contributed by atoms with Crippen molar-refractivity contribution in [1.29, 1.82) is 0 Å². The molecule has 1 aliphatic carbocycles. The van der Waals surface area contributed by atoms with Crippen LogP contribution in [0.1, 0.15) is 25.7 Å². The van der Waals surface area contributed by atoms with E-state index in [0.717, 1.165) is 14.2 Å². The Morgan fingerprint density at radius 2 is 1.24 bits per heavy atom. The molecule has 0 heterocycles. The zero-order valence-electron chi connectivity index (χ0n) is 14.2. The summed E-state index contributed by atoms with van der Waals surface area (Å²) >= 11 is 0. The third-order valence-electron chi connectivity index (χ3n) is 4.27. The number of methoxy groups -OCH3 is 2. The van der Waals surface area contributed by atoms with Crippen molar-refractivity contribution in [2.24, 2.45) is 5.41 Å². The van der Waals surface area contributed by atoms with Gasteiger partial charge < -0.3 is 30.3 Å². The van der Waals surface area contributed by atoms with Gasteiger partial charge in [0.25, 0.3) is 0 Å². The van der Waals surface area contributed by atoms with Crippen LogP contribution in [-0.4, -0.2) is 73.5 Å². The van der Waals surface area contributed by atoms with Gasteiger partial charge in [0.1, 0.15) is 5.41 Å². The zero-order chi connectivity index (χ0) is 19.0. The summed E-state index contributed by atoms with van der Waals surface area (Å²) in [6, 6.07) is -2.59. The molecule has 10 heteroatoms. The number of hydrogen-bond donors (Lipinski definition) is 4. The number of nitrogens with one attached hydrogen (secondary N) is 2. The van der Waals surface area contributed by atoms with Crippen LogP contribution in [0.3, 0.4) is 0 Å². The van der Waals surface area contributed by atoms with Gasteiger partial charge >= 0.3 is 11.9 Å². The molecule has 4 N–H and O–H groups in total. The first-order chi connectivity index (χ1) is 11.9. The highest BCUT2D eigenvalue weighted by molar-refractivity contribution is 6.07. The van der Waals surface area contributed by atoms with Gasteiger partial charge in [-0.2, -0.15) is 0 Å². The first-order valence-corrected chi connectivity index (χ1v) is 7.85. The van der Waals surface area contributed by atoms with Gasteiger partial charge in [0.2, 0.25) is 11.8 Å². The monoisotopic (exact) mass is 360 g/mol. The number of hydrogen-bond acceptors (Lipinski definition) is 8. The molecule has 2 amide bonds. The van der Waals surface area contributed by atoms with E-state index in [4.69, 9.17) is 0 Å². The Hall–Kier alpha value is -2.20. The fraction of sp³-hybridized carbons (Fsp3) is 0.733. The fourth-order valence-corrected chi connectivity index (χ4v) is 2.77. The van der Waals surface area contributed by atoms with Crippen molar-refractivity contribution in [3.63, 3.8) is 0 Å². The van der Waals surface area contributed by atoms with E-state index in [0.29, 0.717) is 12.8 Å². The number of carbonyl (C=O) groups is 4. The molecule has 2 atom stereocenters. The maximum atomic E-state index is 12.6. The maximum Gasteiger partial charge on any atom is 0.330 e. The van der Waals surface area contributed by atoms with Crippen molar-refractivity contribution in [2.75, 3.05) is 27.4 Å². The number of rotatable bonds is 8. The van der Waals surface area contributed by atoms with Crippen molar-refractivity contribution >= 4 is 23.8 Å². The molecular weight excluding hydrogens is 336 g/mol. The summed E-state index contributed by atoms with van der Waals surface area (Å²) in [4.78, 5) is 48.3. The topological polar surface area (TPSA) is 151 Å². The quantitative estimate of drug-likeness (QED) is 0.282. The number of carbonyl (C=O) groups excluding carboxylic acids is 4. The standard InChI is InChI=1S/C15H24N2O8/c1-24-11(20)9(7-18)16-13(22)15(5-3-4-6-15)14(23)17-10(8-19)12(21)25-2/h9-10,18-19H,3-8H2,1-2H3,(H,16,22)(H,17,23)/t9-,10-/m1/s1. The normalized spacial score (nSPS) is 17.9. The Labute approximate surface area is 144 Å². The summed E-state index contributed by atoms with van der Waals surface area (Å²) in [5.74, 6) is -3.17. The van der Waals surface area contributed by atoms with Crippen LogP contribution in [0.2, 0.25) is 0 Å². The molecule has 1 aliphatic rings. The van der Waals surface area contributed by atoms with E-state index in [-0.39, 0.29) is 12.8 Å². The lowest BCUT2D eigenvalue weighted by Gasteiger charge is -2.29. The summed E-state index contributed by atoms with van der Waals surface area (Å²) in [7, 11) is 2.22. The van der Waals surface area contributed by atoms with E-state index < -0.39 is 54.5 Å². The lowest BCUT2D eigenvalue weighted by Crippen LogP contribution is -2.57. The Kier molecular flexibility index (Phi) is 7.78. The Bertz CT molecular complexity index is 476. The predicted molar refractivity (Wildman–Crippen MR) is 83.0 cm³/mol. The highest BCUT2D eigenvalue weighted by Gasteiger charge is 2.49. The van der Waals surface area contributed by atoms with Gasteiger partial charge in [-0.05, 0) is 12.8 Å². The van der Waals surface area contributed by atoms with Crippen molar-refractivity contribution in [2.45, 2.75) is 37.8 Å². The molecule has 0 unspecified atom stereocenters. The molecule has 10 nitrogen and oxygen atoms in total. The van der Waals surface area contributed by atoms with Gasteiger partial charge in [-0.3, -0.25) is 9.59 Å². The zero-order valence-corrected chi connectivity index (χ0v) is 14.2. The third kappa shape index (κ3) is 4.67. The van der Waals surface area contributed by atoms with Crippen molar-refractivity contribution in [3.05, 3.63) is 0 Å². The molecule has 0 aromatic carbocycles. The molecule has 0 radical (unpaired) electrons. The van der Waals surface area contributed by atoms with Crippen LogP contribution in [0, 0.1) is 5.41 Å². The molecule has 142 valence electrons. The average Bonchev–Trinajstić information content (AvgIpc) is 3.13. The van der Waals surface area contributed by atoms with Gasteiger partial charge in [-0.25, -0.2) is 9.59 Å². The van der Waals surface area contributed by atoms with Crippen molar-refractivity contribution in [1.82, 2.24) is 10.6 Å². The van der Waals surface area contributed by atoms with Crippen LogP contribution in [0.15, 0.2) is 0 Å². The molecule has 25 heavy (non-hydrogen) atoms. The van der Waals surface area contributed by atoms with E-state index >= 15 is 0 Å². The SMILES string of the molecule is COC(=O)[C@@H](CO)NC(=O)C1(C(=O)N[C@H](CO)C(=O)OC)CCCC1. The van der Waals surface area contributed by atoms with Gasteiger partial charge in [-0.15, -0.1) is 0 Å². The third-order valence-corrected chi connectivity index (χ3v) is 4.27. The lowest BCUT2D eigenvalue weighted by atomic mass is 9.83. The molecule has 0 aromatic rings. The van der Waals surface area contributed by atoms with Gasteiger partial charge in [-0.1, -0.05) is 12.8 Å². The Balaban J connectivity index is 2.95. The van der Waals surface area contributed by atoms with E-state index in [1.54, 1.807) is 0 Å². The van der Waals surface area contributed by atoms with Gasteiger partial charge in [0.05, 0.1) is 27.4 Å². The lowest BCUT2D eigenvalue weighted by molar-refractivity contribution is -0.153. The maximum absolute atomic E-state index is 12.6. The second kappa shape index (κ2) is 9.33. The van der Waals surface area contributed by atoms with Crippen LogP contribution in [-0.2, 0) is 28.7 Å². The Morgan fingerprint density at radius 1 is 0.880 bits per heavy atom. The molecule has 0 aromatic heterocycles. The number of aliphatic hydroxyl groups is 2. The predicted octanol–water partition coefficient (Wildman–Crippen LogP) is -2.15. The van der Waals surface area contributed by atoms with E-state index in [1.165, 1.54) is 0 Å². The number of esters is 2. The number of aliphatic hydroxyl groups excluding tert-OH is 2. The molecule has 0 aliphatic heterocycles. The van der Waals surface area contributed by atoms with Gasteiger partial charge in [0, 0.05) is 0 Å². The summed E-state index contributed by atoms with van der Waals surface area (Å²) in [6.07, 6.45) is 1.63. The van der Waals surface area contributed by atoms with Crippen LogP contribution in [0.25, 0.3) is 0 Å². The average molecular weight is 360 g/mol. The minimum atomic E-state index is -1.50. The van der Waals surface area contributed by atoms with Crippen LogP contribution in [0.4, 0.5) is 0 Å². The molecule has 1 rings (SSSR count). The summed E-state index contributed by atoms with van der Waals surface area (Å²) in [5.41, 5.74) is -1.50. The summed E-state index contributed by atoms with van der Waals surface area (Å²) in [5, 5.41) is 23.1. The molecular formula is C15H24N2O8. The number of amides is 2. The van der Waals surface area contributed by atoms with E-state index in [9.17, 15) is 29.4 Å². The van der Waals surface area contributed by atoms with E-state index in [1.807, 2.05) is 0 Å².